The molecule has 6 nitrogen and oxygen atoms in total. The number of pyridine rings is 1. The molecule has 100 valence electrons. The maximum absolute atomic E-state index is 11.6. The summed E-state index contributed by atoms with van der Waals surface area (Å²) in [4.78, 5) is 15.7. The zero-order valence-electron chi connectivity index (χ0n) is 10.7. The second-order valence-electron chi connectivity index (χ2n) is 3.61. The first-order valence-electron chi connectivity index (χ1n) is 5.85. The van der Waals surface area contributed by atoms with E-state index >= 15 is 0 Å². The number of hydrogen-bond acceptors (Lipinski definition) is 6. The van der Waals surface area contributed by atoms with Gasteiger partial charge in [-0.25, -0.2) is 9.78 Å². The van der Waals surface area contributed by atoms with Crippen LogP contribution in [0.5, 0.6) is 0 Å². The van der Waals surface area contributed by atoms with E-state index in [4.69, 9.17) is 15.2 Å². The van der Waals surface area contributed by atoms with Gasteiger partial charge in [0, 0.05) is 26.5 Å². The van der Waals surface area contributed by atoms with Gasteiger partial charge in [0.25, 0.3) is 0 Å². The number of nitrogens with zero attached hydrogens (tertiary/aromatic N) is 1. The summed E-state index contributed by atoms with van der Waals surface area (Å²) in [6, 6.07) is 1.55. The Morgan fingerprint density at radius 2 is 2.33 bits per heavy atom. The molecular weight excluding hydrogens is 234 g/mol. The Kier molecular flexibility index (Phi) is 5.93. The summed E-state index contributed by atoms with van der Waals surface area (Å²) in [7, 11) is 1.65. The third-order valence-corrected chi connectivity index (χ3v) is 2.30. The highest BCUT2D eigenvalue weighted by atomic mass is 16.5. The highest BCUT2D eigenvalue weighted by molar-refractivity contribution is 5.97. The average Bonchev–Trinajstić information content (AvgIpc) is 2.36. The molecule has 0 aliphatic rings. The van der Waals surface area contributed by atoms with Gasteiger partial charge in [-0.05, 0) is 19.4 Å². The summed E-state index contributed by atoms with van der Waals surface area (Å²) in [6.07, 6.45) is 2.36. The average molecular weight is 253 g/mol. The molecule has 0 atom stereocenters. The van der Waals surface area contributed by atoms with Crippen LogP contribution >= 0.6 is 0 Å². The van der Waals surface area contributed by atoms with Crippen LogP contribution in [0.1, 0.15) is 23.7 Å². The number of ether oxygens (including phenoxy) is 2. The molecule has 0 bridgehead atoms. The van der Waals surface area contributed by atoms with Crippen molar-refractivity contribution in [3.63, 3.8) is 0 Å². The number of nitrogen functional groups attached to an aromatic ring is 1. The summed E-state index contributed by atoms with van der Waals surface area (Å²) >= 11 is 0. The van der Waals surface area contributed by atoms with E-state index in [0.29, 0.717) is 36.8 Å². The number of anilines is 2. The number of esters is 1. The van der Waals surface area contributed by atoms with Crippen LogP contribution in [-0.2, 0) is 9.47 Å². The van der Waals surface area contributed by atoms with Gasteiger partial charge >= 0.3 is 5.97 Å². The van der Waals surface area contributed by atoms with Crippen molar-refractivity contribution in [2.24, 2.45) is 0 Å². The van der Waals surface area contributed by atoms with Gasteiger partial charge in [-0.1, -0.05) is 0 Å². The van der Waals surface area contributed by atoms with Crippen LogP contribution in [0.4, 0.5) is 11.5 Å². The first-order chi connectivity index (χ1) is 8.70. The molecule has 0 spiro atoms. The molecule has 0 aliphatic carbocycles. The molecule has 0 radical (unpaired) electrons. The van der Waals surface area contributed by atoms with E-state index in [0.717, 1.165) is 6.42 Å². The number of nitrogens with one attached hydrogen (secondary N) is 1. The number of carbonyl (C=O) groups excluding carboxylic acids is 1. The number of rotatable bonds is 7. The van der Waals surface area contributed by atoms with Gasteiger partial charge in [-0.15, -0.1) is 0 Å². The van der Waals surface area contributed by atoms with E-state index in [9.17, 15) is 4.79 Å². The molecule has 0 saturated carbocycles. The SMILES string of the molecule is CCOC(=O)c1ccnc(NCCCOC)c1N. The first kappa shape index (κ1) is 14.2. The summed E-state index contributed by atoms with van der Waals surface area (Å²) in [5, 5.41) is 3.06. The number of aromatic nitrogens is 1. The Morgan fingerprint density at radius 3 is 3.00 bits per heavy atom. The molecule has 0 amide bonds. The Morgan fingerprint density at radius 1 is 1.56 bits per heavy atom. The fourth-order valence-electron chi connectivity index (χ4n) is 1.42. The van der Waals surface area contributed by atoms with Gasteiger partial charge in [0.05, 0.1) is 17.9 Å². The van der Waals surface area contributed by atoms with Crippen LogP contribution in [0.25, 0.3) is 0 Å². The largest absolute Gasteiger partial charge is 0.462 e. The normalized spacial score (nSPS) is 10.1. The minimum absolute atomic E-state index is 0.313. The predicted octanol–water partition coefficient (Wildman–Crippen LogP) is 1.29. The summed E-state index contributed by atoms with van der Waals surface area (Å²) < 4.78 is 9.85. The van der Waals surface area contributed by atoms with Gasteiger partial charge in [0.1, 0.15) is 5.82 Å². The van der Waals surface area contributed by atoms with E-state index in [1.54, 1.807) is 20.1 Å². The first-order valence-corrected chi connectivity index (χ1v) is 5.85. The van der Waals surface area contributed by atoms with Crippen molar-refractivity contribution in [1.29, 1.82) is 0 Å². The van der Waals surface area contributed by atoms with Crippen LogP contribution in [0.3, 0.4) is 0 Å². The number of methoxy groups -OCH3 is 1. The fourth-order valence-corrected chi connectivity index (χ4v) is 1.42. The van der Waals surface area contributed by atoms with Crippen LogP contribution in [0.2, 0.25) is 0 Å². The van der Waals surface area contributed by atoms with E-state index < -0.39 is 5.97 Å². The van der Waals surface area contributed by atoms with Crippen molar-refractivity contribution in [3.8, 4) is 0 Å². The molecular formula is C12H19N3O3. The van der Waals surface area contributed by atoms with Crippen LogP contribution in [-0.4, -0.2) is 37.8 Å². The van der Waals surface area contributed by atoms with Gasteiger partial charge in [-0.2, -0.15) is 0 Å². The molecule has 18 heavy (non-hydrogen) atoms. The third kappa shape index (κ3) is 3.89. The van der Waals surface area contributed by atoms with Gasteiger partial charge in [0.2, 0.25) is 0 Å². The molecule has 6 heteroatoms. The molecule has 1 aromatic heterocycles. The Balaban J connectivity index is 2.69. The summed E-state index contributed by atoms with van der Waals surface area (Å²) in [5.41, 5.74) is 6.52. The van der Waals surface area contributed by atoms with E-state index in [1.807, 2.05) is 0 Å². The molecule has 0 unspecified atom stereocenters. The zero-order chi connectivity index (χ0) is 13.4. The van der Waals surface area contributed by atoms with Crippen molar-refractivity contribution < 1.29 is 14.3 Å². The lowest BCUT2D eigenvalue weighted by Gasteiger charge is -2.11. The number of carbonyl (C=O) groups is 1. The molecule has 0 saturated heterocycles. The minimum Gasteiger partial charge on any atom is -0.462 e. The lowest BCUT2D eigenvalue weighted by molar-refractivity contribution is 0.0527. The van der Waals surface area contributed by atoms with Crippen molar-refractivity contribution in [3.05, 3.63) is 17.8 Å². The van der Waals surface area contributed by atoms with Crippen molar-refractivity contribution in [2.75, 3.05) is 37.9 Å². The van der Waals surface area contributed by atoms with Crippen molar-refractivity contribution in [1.82, 2.24) is 4.98 Å². The molecule has 0 aliphatic heterocycles. The maximum Gasteiger partial charge on any atom is 0.340 e. The second-order valence-corrected chi connectivity index (χ2v) is 3.61. The van der Waals surface area contributed by atoms with Gasteiger partial charge < -0.3 is 20.5 Å². The third-order valence-electron chi connectivity index (χ3n) is 2.30. The molecule has 1 aromatic rings. The Hall–Kier alpha value is -1.82. The molecule has 3 N–H and O–H groups in total. The maximum atomic E-state index is 11.6. The molecule has 0 fully saturated rings. The summed E-state index contributed by atoms with van der Waals surface area (Å²) in [5.74, 6) is 0.0639. The van der Waals surface area contributed by atoms with E-state index in [1.165, 1.54) is 6.20 Å². The second kappa shape index (κ2) is 7.50. The minimum atomic E-state index is -0.433. The Labute approximate surface area is 106 Å². The van der Waals surface area contributed by atoms with Gasteiger partial charge in [0.15, 0.2) is 0 Å². The van der Waals surface area contributed by atoms with Crippen LogP contribution < -0.4 is 11.1 Å². The quantitative estimate of drug-likeness (QED) is 0.562. The predicted molar refractivity (Wildman–Crippen MR) is 69.6 cm³/mol. The highest BCUT2D eigenvalue weighted by Gasteiger charge is 2.13. The lowest BCUT2D eigenvalue weighted by Crippen LogP contribution is -2.13. The van der Waals surface area contributed by atoms with Crippen molar-refractivity contribution >= 4 is 17.5 Å². The summed E-state index contributed by atoms with van der Waals surface area (Å²) in [6.45, 7) is 3.40. The Bertz CT molecular complexity index is 396. The zero-order valence-corrected chi connectivity index (χ0v) is 10.7. The standard InChI is InChI=1S/C12H19N3O3/c1-3-18-12(16)9-5-7-15-11(10(9)13)14-6-4-8-17-2/h5,7H,3-4,6,8,13H2,1-2H3,(H,14,15). The van der Waals surface area contributed by atoms with Gasteiger partial charge in [-0.3, -0.25) is 0 Å². The smallest absolute Gasteiger partial charge is 0.340 e. The monoisotopic (exact) mass is 253 g/mol. The van der Waals surface area contributed by atoms with E-state index in [2.05, 4.69) is 10.3 Å². The topological polar surface area (TPSA) is 86.5 Å². The van der Waals surface area contributed by atoms with Crippen LogP contribution in [0, 0.1) is 0 Å². The lowest BCUT2D eigenvalue weighted by atomic mass is 10.2. The van der Waals surface area contributed by atoms with Crippen molar-refractivity contribution in [2.45, 2.75) is 13.3 Å². The fraction of sp³-hybridized carbons (Fsp3) is 0.500. The highest BCUT2D eigenvalue weighted by Crippen LogP contribution is 2.20. The van der Waals surface area contributed by atoms with E-state index in [-0.39, 0.29) is 0 Å². The molecule has 1 rings (SSSR count). The molecule has 1 heterocycles. The number of nitrogens with two attached hydrogens (primary N) is 1. The van der Waals surface area contributed by atoms with Crippen LogP contribution in [0.15, 0.2) is 12.3 Å². The molecule has 0 aromatic carbocycles. The number of hydrogen-bond donors (Lipinski definition) is 2.